The van der Waals surface area contributed by atoms with E-state index >= 15 is 0 Å². The number of amides is 1. The number of carbonyl (C=O) groups excluding carboxylic acids is 1. The first-order valence-electron chi connectivity index (χ1n) is 8.51. The summed E-state index contributed by atoms with van der Waals surface area (Å²) in [6, 6.07) is 9.64. The maximum Gasteiger partial charge on any atom is 0.262 e. The molecule has 0 unspecified atom stereocenters. The number of ether oxygens (including phenoxy) is 2. The summed E-state index contributed by atoms with van der Waals surface area (Å²) in [4.78, 5) is 13.6. The van der Waals surface area contributed by atoms with Crippen molar-refractivity contribution in [3.8, 4) is 11.5 Å². The van der Waals surface area contributed by atoms with Crippen LogP contribution in [0.2, 0.25) is 0 Å². The predicted octanol–water partition coefficient (Wildman–Crippen LogP) is 2.80. The number of nitrogens with zero attached hydrogens (tertiary/aromatic N) is 1. The third kappa shape index (κ3) is 3.85. The number of hydrogen-bond acceptors (Lipinski definition) is 5. The number of rotatable bonds is 5. The third-order valence-corrected chi connectivity index (χ3v) is 5.87. The fraction of sp³-hybridized carbons (Fsp3) is 0.316. The number of methoxy groups -OCH3 is 2. The van der Waals surface area contributed by atoms with Crippen LogP contribution in [0.3, 0.4) is 0 Å². The van der Waals surface area contributed by atoms with E-state index < -0.39 is 10.0 Å². The highest BCUT2D eigenvalue weighted by Gasteiger charge is 2.22. The smallest absolute Gasteiger partial charge is 0.262 e. The lowest BCUT2D eigenvalue weighted by Crippen LogP contribution is -2.33. The van der Waals surface area contributed by atoms with Gasteiger partial charge in [-0.05, 0) is 48.7 Å². The van der Waals surface area contributed by atoms with E-state index in [9.17, 15) is 13.2 Å². The SMILES string of the molecule is COc1ccc(S(=O)(=O)Nc2ccc3c(c2)CCCN3C(C)=O)cc1OC. The zero-order valence-corrected chi connectivity index (χ0v) is 16.3. The van der Waals surface area contributed by atoms with E-state index in [1.54, 1.807) is 29.2 Å². The van der Waals surface area contributed by atoms with Crippen LogP contribution in [0, 0.1) is 0 Å². The van der Waals surface area contributed by atoms with Crippen molar-refractivity contribution in [2.45, 2.75) is 24.7 Å². The maximum atomic E-state index is 12.7. The molecule has 0 aromatic heterocycles. The molecule has 27 heavy (non-hydrogen) atoms. The first-order chi connectivity index (χ1) is 12.9. The summed E-state index contributed by atoms with van der Waals surface area (Å²) in [5, 5.41) is 0. The van der Waals surface area contributed by atoms with Crippen LogP contribution in [-0.4, -0.2) is 35.1 Å². The molecule has 0 saturated carbocycles. The van der Waals surface area contributed by atoms with E-state index in [-0.39, 0.29) is 10.8 Å². The summed E-state index contributed by atoms with van der Waals surface area (Å²) >= 11 is 0. The molecular formula is C19H22N2O5S. The summed E-state index contributed by atoms with van der Waals surface area (Å²) in [7, 11) is -0.855. The minimum Gasteiger partial charge on any atom is -0.493 e. The quantitative estimate of drug-likeness (QED) is 0.849. The Balaban J connectivity index is 1.89. The van der Waals surface area contributed by atoms with Crippen molar-refractivity contribution < 1.29 is 22.7 Å². The molecule has 1 heterocycles. The van der Waals surface area contributed by atoms with Gasteiger partial charge in [-0.1, -0.05) is 0 Å². The fourth-order valence-corrected chi connectivity index (χ4v) is 4.25. The highest BCUT2D eigenvalue weighted by Crippen LogP contribution is 2.32. The molecule has 2 aromatic rings. The van der Waals surface area contributed by atoms with Crippen LogP contribution in [0.4, 0.5) is 11.4 Å². The molecule has 0 atom stereocenters. The van der Waals surface area contributed by atoms with Crippen LogP contribution in [0.15, 0.2) is 41.3 Å². The predicted molar refractivity (Wildman–Crippen MR) is 103 cm³/mol. The lowest BCUT2D eigenvalue weighted by atomic mass is 10.0. The van der Waals surface area contributed by atoms with Crippen molar-refractivity contribution in [3.05, 3.63) is 42.0 Å². The van der Waals surface area contributed by atoms with Crippen molar-refractivity contribution in [3.63, 3.8) is 0 Å². The summed E-state index contributed by atoms with van der Waals surface area (Å²) < 4.78 is 38.4. The van der Waals surface area contributed by atoms with E-state index in [4.69, 9.17) is 9.47 Å². The molecule has 0 fully saturated rings. The number of fused-ring (bicyclic) bond motifs is 1. The first kappa shape index (κ1) is 19.0. The van der Waals surface area contributed by atoms with Crippen molar-refractivity contribution in [1.82, 2.24) is 0 Å². The highest BCUT2D eigenvalue weighted by atomic mass is 32.2. The van der Waals surface area contributed by atoms with E-state index in [0.29, 0.717) is 23.7 Å². The summed E-state index contributed by atoms with van der Waals surface area (Å²) in [5.74, 6) is 0.770. The lowest BCUT2D eigenvalue weighted by Gasteiger charge is -2.29. The second-order valence-corrected chi connectivity index (χ2v) is 7.92. The number of sulfonamides is 1. The zero-order chi connectivity index (χ0) is 19.6. The monoisotopic (exact) mass is 390 g/mol. The molecule has 144 valence electrons. The Labute approximate surface area is 158 Å². The van der Waals surface area contributed by atoms with Gasteiger partial charge in [0.1, 0.15) is 0 Å². The number of aryl methyl sites for hydroxylation is 1. The third-order valence-electron chi connectivity index (χ3n) is 4.50. The Hall–Kier alpha value is -2.74. The van der Waals surface area contributed by atoms with Gasteiger partial charge in [-0.25, -0.2) is 8.42 Å². The second-order valence-electron chi connectivity index (χ2n) is 6.24. The molecule has 1 aliphatic rings. The fourth-order valence-electron chi connectivity index (χ4n) is 3.19. The minimum absolute atomic E-state index is 0.0189. The van der Waals surface area contributed by atoms with Gasteiger partial charge in [-0.3, -0.25) is 9.52 Å². The molecule has 1 N–H and O–H groups in total. The maximum absolute atomic E-state index is 12.7. The van der Waals surface area contributed by atoms with Crippen molar-refractivity contribution in [1.29, 1.82) is 0 Å². The standard InChI is InChI=1S/C19H22N2O5S/c1-13(22)21-10-4-5-14-11-15(6-8-17(14)21)20-27(23,24)16-7-9-18(25-2)19(12-16)26-3/h6-9,11-12,20H,4-5,10H2,1-3H3. The van der Waals surface area contributed by atoms with E-state index in [1.807, 2.05) is 0 Å². The van der Waals surface area contributed by atoms with Gasteiger partial charge in [-0.15, -0.1) is 0 Å². The molecule has 0 spiro atoms. The Morgan fingerprint density at radius 2 is 1.81 bits per heavy atom. The van der Waals surface area contributed by atoms with Crippen LogP contribution < -0.4 is 19.1 Å². The Bertz CT molecular complexity index is 972. The molecule has 0 bridgehead atoms. The number of carbonyl (C=O) groups is 1. The van der Waals surface area contributed by atoms with Gasteiger partial charge in [0.25, 0.3) is 10.0 Å². The van der Waals surface area contributed by atoms with Crippen LogP contribution in [0.5, 0.6) is 11.5 Å². The van der Waals surface area contributed by atoms with Crippen LogP contribution in [0.1, 0.15) is 18.9 Å². The van der Waals surface area contributed by atoms with Gasteiger partial charge < -0.3 is 14.4 Å². The Morgan fingerprint density at radius 1 is 1.07 bits per heavy atom. The zero-order valence-electron chi connectivity index (χ0n) is 15.5. The highest BCUT2D eigenvalue weighted by molar-refractivity contribution is 7.92. The molecule has 1 aliphatic heterocycles. The summed E-state index contributed by atoms with van der Waals surface area (Å²) in [5.41, 5.74) is 2.24. The van der Waals surface area contributed by atoms with E-state index in [2.05, 4.69) is 4.72 Å². The molecule has 0 saturated heterocycles. The van der Waals surface area contributed by atoms with E-state index in [1.165, 1.54) is 33.3 Å². The lowest BCUT2D eigenvalue weighted by molar-refractivity contribution is -0.116. The first-order valence-corrected chi connectivity index (χ1v) is 10.00. The van der Waals surface area contributed by atoms with Crippen LogP contribution >= 0.6 is 0 Å². The molecule has 1 amide bonds. The Morgan fingerprint density at radius 3 is 2.48 bits per heavy atom. The van der Waals surface area contributed by atoms with Crippen LogP contribution in [-0.2, 0) is 21.2 Å². The average molecular weight is 390 g/mol. The average Bonchev–Trinajstić information content (AvgIpc) is 2.66. The topological polar surface area (TPSA) is 84.9 Å². The number of hydrogen-bond donors (Lipinski definition) is 1. The van der Waals surface area contributed by atoms with E-state index in [0.717, 1.165) is 24.1 Å². The molecule has 3 rings (SSSR count). The number of benzene rings is 2. The largest absolute Gasteiger partial charge is 0.493 e. The molecule has 2 aromatic carbocycles. The summed E-state index contributed by atoms with van der Waals surface area (Å²) in [6.45, 7) is 2.21. The van der Waals surface area contributed by atoms with Gasteiger partial charge in [0, 0.05) is 30.9 Å². The van der Waals surface area contributed by atoms with Gasteiger partial charge >= 0.3 is 0 Å². The van der Waals surface area contributed by atoms with Crippen molar-refractivity contribution in [2.24, 2.45) is 0 Å². The second kappa shape index (κ2) is 7.48. The number of nitrogens with one attached hydrogen (secondary N) is 1. The van der Waals surface area contributed by atoms with Gasteiger partial charge in [0.15, 0.2) is 11.5 Å². The Kier molecular flexibility index (Phi) is 5.27. The molecule has 0 aliphatic carbocycles. The summed E-state index contributed by atoms with van der Waals surface area (Å²) in [6.07, 6.45) is 1.64. The number of anilines is 2. The molecule has 8 heteroatoms. The normalized spacial score (nSPS) is 13.7. The van der Waals surface area contributed by atoms with Gasteiger partial charge in [0.05, 0.1) is 19.1 Å². The van der Waals surface area contributed by atoms with Crippen molar-refractivity contribution in [2.75, 3.05) is 30.4 Å². The van der Waals surface area contributed by atoms with Crippen LogP contribution in [0.25, 0.3) is 0 Å². The molecular weight excluding hydrogens is 368 g/mol. The minimum atomic E-state index is -3.79. The van der Waals surface area contributed by atoms with Gasteiger partial charge in [0.2, 0.25) is 5.91 Å². The molecule has 0 radical (unpaired) electrons. The van der Waals surface area contributed by atoms with Gasteiger partial charge in [-0.2, -0.15) is 0 Å². The molecule has 7 nitrogen and oxygen atoms in total. The van der Waals surface area contributed by atoms with Crippen molar-refractivity contribution >= 4 is 27.3 Å².